The van der Waals surface area contributed by atoms with Crippen LogP contribution in [0.1, 0.15) is 12.8 Å². The minimum absolute atomic E-state index is 0.0388. The summed E-state index contributed by atoms with van der Waals surface area (Å²) in [4.78, 5) is 24.5. The van der Waals surface area contributed by atoms with E-state index in [0.717, 1.165) is 0 Å². The van der Waals surface area contributed by atoms with Gasteiger partial charge < -0.3 is 4.90 Å². The van der Waals surface area contributed by atoms with Crippen molar-refractivity contribution in [2.75, 3.05) is 18.8 Å². The zero-order valence-electron chi connectivity index (χ0n) is 10.7. The van der Waals surface area contributed by atoms with E-state index in [1.165, 1.54) is 17.0 Å². The molecule has 1 amide bonds. The van der Waals surface area contributed by atoms with Gasteiger partial charge in [0.05, 0.1) is 9.92 Å². The van der Waals surface area contributed by atoms with Gasteiger partial charge in [-0.2, -0.15) is 0 Å². The molecule has 0 radical (unpaired) electrons. The summed E-state index contributed by atoms with van der Waals surface area (Å²) in [6, 6.07) is 6.03. The van der Waals surface area contributed by atoms with Crippen LogP contribution in [0.5, 0.6) is 0 Å². The number of likely N-dealkylation sites (tertiary alicyclic amines) is 1. The summed E-state index contributed by atoms with van der Waals surface area (Å²) < 4.78 is 24.3. The molecule has 0 aromatic heterocycles. The summed E-state index contributed by atoms with van der Waals surface area (Å²) in [6.07, 6.45) is 0.579. The Labute approximate surface area is 122 Å². The third kappa shape index (κ3) is 3.37. The van der Waals surface area contributed by atoms with E-state index >= 15 is 0 Å². The van der Waals surface area contributed by atoms with Crippen molar-refractivity contribution in [2.24, 2.45) is 0 Å². The zero-order chi connectivity index (χ0) is 14.8. The van der Waals surface area contributed by atoms with Crippen LogP contribution < -0.4 is 0 Å². The first-order valence-electron chi connectivity index (χ1n) is 6.17. The molecule has 1 saturated heterocycles. The maximum absolute atomic E-state index is 12.2. The van der Waals surface area contributed by atoms with Crippen LogP contribution in [0, 0.1) is 0 Å². The van der Waals surface area contributed by atoms with E-state index in [4.69, 9.17) is 11.6 Å². The molecule has 1 aliphatic heterocycles. The van der Waals surface area contributed by atoms with Crippen LogP contribution in [0.2, 0.25) is 5.02 Å². The number of benzene rings is 1. The molecule has 2 rings (SSSR count). The molecule has 5 nitrogen and oxygen atoms in total. The van der Waals surface area contributed by atoms with Crippen LogP contribution in [-0.2, 0) is 19.4 Å². The number of nitrogens with zero attached hydrogens (tertiary/aromatic N) is 1. The summed E-state index contributed by atoms with van der Waals surface area (Å²) in [5.41, 5.74) is 0. The van der Waals surface area contributed by atoms with Gasteiger partial charge in [-0.05, 0) is 12.1 Å². The number of hydrogen-bond acceptors (Lipinski definition) is 4. The van der Waals surface area contributed by atoms with Gasteiger partial charge in [0, 0.05) is 25.9 Å². The SMILES string of the molecule is O=C1CCN(C(=O)CS(=O)(=O)c2ccccc2Cl)CC1. The Morgan fingerprint density at radius 1 is 1.20 bits per heavy atom. The van der Waals surface area contributed by atoms with E-state index in [1.807, 2.05) is 0 Å². The second-order valence-corrected chi connectivity index (χ2v) is 6.97. The van der Waals surface area contributed by atoms with E-state index in [9.17, 15) is 18.0 Å². The van der Waals surface area contributed by atoms with Crippen molar-refractivity contribution in [1.82, 2.24) is 4.90 Å². The molecular weight excluding hydrogens is 302 g/mol. The van der Waals surface area contributed by atoms with Crippen molar-refractivity contribution in [2.45, 2.75) is 17.7 Å². The van der Waals surface area contributed by atoms with Gasteiger partial charge in [0.15, 0.2) is 9.84 Å². The van der Waals surface area contributed by atoms with Gasteiger partial charge in [-0.15, -0.1) is 0 Å². The fourth-order valence-corrected chi connectivity index (χ4v) is 3.84. The molecule has 0 unspecified atom stereocenters. The summed E-state index contributed by atoms with van der Waals surface area (Å²) >= 11 is 5.85. The smallest absolute Gasteiger partial charge is 0.238 e. The largest absolute Gasteiger partial charge is 0.341 e. The summed E-state index contributed by atoms with van der Waals surface area (Å²) in [7, 11) is -3.76. The standard InChI is InChI=1S/C13H14ClNO4S/c14-11-3-1-2-4-12(11)20(18,19)9-13(17)15-7-5-10(16)6-8-15/h1-4H,5-9H2. The molecular formula is C13H14ClNO4S. The van der Waals surface area contributed by atoms with Gasteiger partial charge in [-0.3, -0.25) is 9.59 Å². The molecule has 1 fully saturated rings. The van der Waals surface area contributed by atoms with Crippen LogP contribution in [0.15, 0.2) is 29.2 Å². The quantitative estimate of drug-likeness (QED) is 0.843. The van der Waals surface area contributed by atoms with E-state index in [-0.39, 0.29) is 41.6 Å². The number of carbonyl (C=O) groups is 2. The maximum atomic E-state index is 12.2. The number of ketones is 1. The Hall–Kier alpha value is -1.40. The fraction of sp³-hybridized carbons (Fsp3) is 0.385. The van der Waals surface area contributed by atoms with Crippen molar-refractivity contribution in [1.29, 1.82) is 0 Å². The number of rotatable bonds is 3. The van der Waals surface area contributed by atoms with Crippen LogP contribution in [0.3, 0.4) is 0 Å². The topological polar surface area (TPSA) is 71.5 Å². The highest BCUT2D eigenvalue weighted by molar-refractivity contribution is 7.92. The molecule has 0 spiro atoms. The lowest BCUT2D eigenvalue weighted by Crippen LogP contribution is -2.41. The predicted octanol–water partition coefficient (Wildman–Crippen LogP) is 1.31. The minimum atomic E-state index is -3.76. The number of amides is 1. The minimum Gasteiger partial charge on any atom is -0.341 e. The van der Waals surface area contributed by atoms with Gasteiger partial charge in [0.2, 0.25) is 5.91 Å². The van der Waals surface area contributed by atoms with Crippen LogP contribution in [0.4, 0.5) is 0 Å². The van der Waals surface area contributed by atoms with Crippen molar-refractivity contribution in [3.05, 3.63) is 29.3 Å². The second kappa shape index (κ2) is 5.93. The van der Waals surface area contributed by atoms with E-state index in [2.05, 4.69) is 0 Å². The van der Waals surface area contributed by atoms with Gasteiger partial charge in [0.25, 0.3) is 0 Å². The number of hydrogen-bond donors (Lipinski definition) is 0. The maximum Gasteiger partial charge on any atom is 0.238 e. The normalized spacial score (nSPS) is 16.2. The summed E-state index contributed by atoms with van der Waals surface area (Å²) in [6.45, 7) is 0.575. The fourth-order valence-electron chi connectivity index (χ4n) is 2.03. The highest BCUT2D eigenvalue weighted by Gasteiger charge is 2.27. The Morgan fingerprint density at radius 3 is 2.40 bits per heavy atom. The Bertz CT molecular complexity index is 632. The van der Waals surface area contributed by atoms with E-state index in [0.29, 0.717) is 0 Å². The molecule has 1 aromatic carbocycles. The van der Waals surface area contributed by atoms with Crippen molar-refractivity contribution < 1.29 is 18.0 Å². The lowest BCUT2D eigenvalue weighted by atomic mass is 10.1. The summed E-state index contributed by atoms with van der Waals surface area (Å²) in [5.74, 6) is -1.01. The highest BCUT2D eigenvalue weighted by Crippen LogP contribution is 2.22. The van der Waals surface area contributed by atoms with Crippen LogP contribution in [0.25, 0.3) is 0 Å². The molecule has 0 aliphatic carbocycles. The lowest BCUT2D eigenvalue weighted by molar-refractivity contribution is -0.132. The Kier molecular flexibility index (Phi) is 4.45. The van der Waals surface area contributed by atoms with Gasteiger partial charge in [-0.1, -0.05) is 23.7 Å². The molecule has 20 heavy (non-hydrogen) atoms. The van der Waals surface area contributed by atoms with Crippen LogP contribution >= 0.6 is 11.6 Å². The van der Waals surface area contributed by atoms with Gasteiger partial charge >= 0.3 is 0 Å². The summed E-state index contributed by atoms with van der Waals surface area (Å²) in [5, 5.41) is 0.106. The van der Waals surface area contributed by atoms with E-state index in [1.54, 1.807) is 12.1 Å². The third-order valence-corrected chi connectivity index (χ3v) is 5.25. The number of halogens is 1. The molecule has 0 atom stereocenters. The lowest BCUT2D eigenvalue weighted by Gasteiger charge is -2.25. The average molecular weight is 316 g/mol. The molecule has 0 saturated carbocycles. The number of piperidine rings is 1. The second-order valence-electron chi connectivity index (χ2n) is 4.61. The van der Waals surface area contributed by atoms with Gasteiger partial charge in [-0.25, -0.2) is 8.42 Å². The number of Topliss-reactive ketones (excluding diaryl/α,β-unsaturated/α-hetero) is 1. The molecule has 108 valence electrons. The third-order valence-electron chi connectivity index (χ3n) is 3.16. The van der Waals surface area contributed by atoms with E-state index < -0.39 is 21.5 Å². The zero-order valence-corrected chi connectivity index (χ0v) is 12.3. The molecule has 1 heterocycles. The molecule has 0 N–H and O–H groups in total. The van der Waals surface area contributed by atoms with Crippen molar-refractivity contribution in [3.63, 3.8) is 0 Å². The predicted molar refractivity (Wildman–Crippen MR) is 74.3 cm³/mol. The molecule has 7 heteroatoms. The Morgan fingerprint density at radius 2 is 1.80 bits per heavy atom. The first kappa shape index (κ1) is 15.0. The molecule has 0 bridgehead atoms. The number of carbonyl (C=O) groups excluding carboxylic acids is 2. The first-order chi connectivity index (χ1) is 9.40. The van der Waals surface area contributed by atoms with Crippen molar-refractivity contribution >= 4 is 33.1 Å². The molecule has 1 aliphatic rings. The number of sulfone groups is 1. The van der Waals surface area contributed by atoms with Crippen molar-refractivity contribution in [3.8, 4) is 0 Å². The molecule has 1 aromatic rings. The van der Waals surface area contributed by atoms with Gasteiger partial charge in [0.1, 0.15) is 11.5 Å². The average Bonchev–Trinajstić information content (AvgIpc) is 2.39. The van der Waals surface area contributed by atoms with Crippen LogP contribution in [-0.4, -0.2) is 43.9 Å². The highest BCUT2D eigenvalue weighted by atomic mass is 35.5. The monoisotopic (exact) mass is 315 g/mol. The Balaban J connectivity index is 2.11. The first-order valence-corrected chi connectivity index (χ1v) is 8.20.